The Bertz CT molecular complexity index is 637. The molecule has 0 fully saturated rings. The summed E-state index contributed by atoms with van der Waals surface area (Å²) >= 11 is 0. The van der Waals surface area contributed by atoms with Gasteiger partial charge in [0.25, 0.3) is 0 Å². The number of aliphatic carboxylic acids is 1. The average Bonchev–Trinajstić information content (AvgIpc) is 2.46. The Morgan fingerprint density at radius 3 is 2.85 bits per heavy atom. The number of nitrogens with zero attached hydrogens (tertiary/aromatic N) is 1. The monoisotopic (exact) mass is 271 g/mol. The zero-order valence-electron chi connectivity index (χ0n) is 10.6. The van der Waals surface area contributed by atoms with Crippen molar-refractivity contribution in [1.82, 2.24) is 4.98 Å². The molecule has 5 heteroatoms. The molecule has 2 N–H and O–H groups in total. The van der Waals surface area contributed by atoms with E-state index in [1.165, 1.54) is 18.5 Å². The highest BCUT2D eigenvalue weighted by molar-refractivity contribution is 5.85. The van der Waals surface area contributed by atoms with Crippen LogP contribution >= 0.6 is 0 Å². The fourth-order valence-corrected chi connectivity index (χ4v) is 1.61. The van der Waals surface area contributed by atoms with Crippen LogP contribution in [0.25, 0.3) is 6.08 Å². The van der Waals surface area contributed by atoms with Crippen LogP contribution in [0.5, 0.6) is 11.5 Å². The van der Waals surface area contributed by atoms with Crippen molar-refractivity contribution in [2.45, 2.75) is 6.61 Å². The van der Waals surface area contributed by atoms with Gasteiger partial charge in [0.1, 0.15) is 11.5 Å². The Kier molecular flexibility index (Phi) is 4.47. The number of carboxylic acids is 1. The van der Waals surface area contributed by atoms with Gasteiger partial charge in [-0.05, 0) is 23.8 Å². The number of rotatable bonds is 5. The molecule has 0 unspecified atom stereocenters. The number of aliphatic hydroxyl groups excluding tert-OH is 1. The summed E-state index contributed by atoms with van der Waals surface area (Å²) in [6.45, 7) is -0.123. The highest BCUT2D eigenvalue weighted by Gasteiger charge is 2.04. The Balaban J connectivity index is 2.21. The molecular formula is C15H13NO4. The van der Waals surface area contributed by atoms with Gasteiger partial charge in [-0.3, -0.25) is 4.98 Å². The van der Waals surface area contributed by atoms with E-state index in [1.807, 2.05) is 6.07 Å². The van der Waals surface area contributed by atoms with Gasteiger partial charge in [0, 0.05) is 17.8 Å². The first-order valence-electron chi connectivity index (χ1n) is 5.91. The number of carbonyl (C=O) groups is 1. The van der Waals surface area contributed by atoms with Crippen molar-refractivity contribution >= 4 is 12.0 Å². The van der Waals surface area contributed by atoms with Crippen molar-refractivity contribution in [2.75, 3.05) is 0 Å². The predicted molar refractivity (Wildman–Crippen MR) is 73.3 cm³/mol. The number of hydrogen-bond acceptors (Lipinski definition) is 4. The molecule has 0 atom stereocenters. The first kappa shape index (κ1) is 13.8. The van der Waals surface area contributed by atoms with Gasteiger partial charge >= 0.3 is 5.97 Å². The molecule has 0 aliphatic rings. The second kappa shape index (κ2) is 6.49. The van der Waals surface area contributed by atoms with Crippen LogP contribution in [0.4, 0.5) is 0 Å². The number of para-hydroxylation sites is 1. The fraction of sp³-hybridized carbons (Fsp3) is 0.0667. The molecule has 20 heavy (non-hydrogen) atoms. The average molecular weight is 271 g/mol. The molecule has 0 bridgehead atoms. The molecule has 0 amide bonds. The molecule has 1 aromatic heterocycles. The first-order valence-corrected chi connectivity index (χ1v) is 5.91. The van der Waals surface area contributed by atoms with Crippen molar-refractivity contribution in [1.29, 1.82) is 0 Å². The van der Waals surface area contributed by atoms with Gasteiger partial charge in [-0.25, -0.2) is 4.79 Å². The molecule has 0 saturated heterocycles. The van der Waals surface area contributed by atoms with Gasteiger partial charge in [0.15, 0.2) is 0 Å². The molecule has 0 aliphatic carbocycles. The van der Waals surface area contributed by atoms with Crippen LogP contribution in [0.1, 0.15) is 11.1 Å². The van der Waals surface area contributed by atoms with E-state index >= 15 is 0 Å². The number of aliphatic hydroxyl groups is 1. The highest BCUT2D eigenvalue weighted by Crippen LogP contribution is 2.25. The largest absolute Gasteiger partial charge is 0.478 e. The number of pyridine rings is 1. The summed E-state index contributed by atoms with van der Waals surface area (Å²) in [5, 5.41) is 17.8. The van der Waals surface area contributed by atoms with Gasteiger partial charge in [0.2, 0.25) is 0 Å². The third-order valence-corrected chi connectivity index (χ3v) is 2.52. The highest BCUT2D eigenvalue weighted by atomic mass is 16.5. The lowest BCUT2D eigenvalue weighted by Crippen LogP contribution is -1.92. The van der Waals surface area contributed by atoms with Gasteiger partial charge in [0.05, 0.1) is 12.8 Å². The minimum atomic E-state index is -1.03. The Morgan fingerprint density at radius 2 is 2.10 bits per heavy atom. The molecule has 1 aromatic carbocycles. The molecule has 0 radical (unpaired) electrons. The Hall–Kier alpha value is -2.66. The van der Waals surface area contributed by atoms with Gasteiger partial charge in [-0.15, -0.1) is 0 Å². The normalized spacial score (nSPS) is 10.7. The summed E-state index contributed by atoms with van der Waals surface area (Å²) in [7, 11) is 0. The third kappa shape index (κ3) is 3.66. The van der Waals surface area contributed by atoms with Gasteiger partial charge in [-0.1, -0.05) is 18.2 Å². The van der Waals surface area contributed by atoms with Crippen LogP contribution in [-0.2, 0) is 11.4 Å². The molecule has 0 aliphatic heterocycles. The Labute approximate surface area is 115 Å². The van der Waals surface area contributed by atoms with Crippen LogP contribution < -0.4 is 4.74 Å². The van der Waals surface area contributed by atoms with Gasteiger partial charge < -0.3 is 14.9 Å². The maximum absolute atomic E-state index is 10.5. The predicted octanol–water partition coefficient (Wildman–Crippen LogP) is 2.46. The van der Waals surface area contributed by atoms with E-state index in [9.17, 15) is 9.90 Å². The van der Waals surface area contributed by atoms with E-state index in [0.29, 0.717) is 22.6 Å². The van der Waals surface area contributed by atoms with Crippen molar-refractivity contribution in [3.63, 3.8) is 0 Å². The minimum absolute atomic E-state index is 0.123. The summed E-state index contributed by atoms with van der Waals surface area (Å²) in [6, 6.07) is 8.78. The second-order valence-electron chi connectivity index (χ2n) is 3.99. The van der Waals surface area contributed by atoms with E-state index in [0.717, 1.165) is 6.08 Å². The fourth-order valence-electron chi connectivity index (χ4n) is 1.61. The molecule has 2 aromatic rings. The van der Waals surface area contributed by atoms with Crippen molar-refractivity contribution < 1.29 is 19.7 Å². The SMILES string of the molecule is O=C(O)/C=C/c1cncc(Oc2ccccc2CO)c1. The summed E-state index contributed by atoms with van der Waals surface area (Å²) in [5.41, 5.74) is 1.28. The van der Waals surface area contributed by atoms with E-state index in [4.69, 9.17) is 9.84 Å². The lowest BCUT2D eigenvalue weighted by molar-refractivity contribution is -0.131. The van der Waals surface area contributed by atoms with E-state index in [-0.39, 0.29) is 6.61 Å². The quantitative estimate of drug-likeness (QED) is 0.816. The molecule has 0 saturated carbocycles. The van der Waals surface area contributed by atoms with Gasteiger partial charge in [-0.2, -0.15) is 0 Å². The van der Waals surface area contributed by atoms with Crippen LogP contribution in [-0.4, -0.2) is 21.2 Å². The smallest absolute Gasteiger partial charge is 0.328 e. The molecule has 5 nitrogen and oxygen atoms in total. The first-order chi connectivity index (χ1) is 9.69. The van der Waals surface area contributed by atoms with Crippen LogP contribution in [0.3, 0.4) is 0 Å². The van der Waals surface area contributed by atoms with Crippen LogP contribution in [0, 0.1) is 0 Å². The summed E-state index contributed by atoms with van der Waals surface area (Å²) in [5.74, 6) is -0.0171. The summed E-state index contributed by atoms with van der Waals surface area (Å²) in [4.78, 5) is 14.4. The van der Waals surface area contributed by atoms with E-state index < -0.39 is 5.97 Å². The number of ether oxygens (including phenoxy) is 1. The van der Waals surface area contributed by atoms with Crippen molar-refractivity contribution in [3.05, 3.63) is 59.9 Å². The molecular weight excluding hydrogens is 258 g/mol. The molecule has 2 rings (SSSR count). The maximum Gasteiger partial charge on any atom is 0.328 e. The maximum atomic E-state index is 10.5. The second-order valence-corrected chi connectivity index (χ2v) is 3.99. The number of carboxylic acid groups (broad SMARTS) is 1. The standard InChI is InChI=1S/C15H13NO4/c17-10-12-3-1-2-4-14(12)20-13-7-11(8-16-9-13)5-6-15(18)19/h1-9,17H,10H2,(H,18,19)/b6-5+. The number of hydrogen-bond donors (Lipinski definition) is 2. The molecule has 1 heterocycles. The topological polar surface area (TPSA) is 79.7 Å². The van der Waals surface area contributed by atoms with Crippen LogP contribution in [0.15, 0.2) is 48.8 Å². The summed E-state index contributed by atoms with van der Waals surface area (Å²) < 4.78 is 5.64. The zero-order valence-corrected chi connectivity index (χ0v) is 10.6. The van der Waals surface area contributed by atoms with E-state index in [2.05, 4.69) is 4.98 Å². The van der Waals surface area contributed by atoms with Crippen LogP contribution in [0.2, 0.25) is 0 Å². The molecule has 0 spiro atoms. The third-order valence-electron chi connectivity index (χ3n) is 2.52. The number of aromatic nitrogens is 1. The summed E-state index contributed by atoms with van der Waals surface area (Å²) in [6.07, 6.45) is 5.51. The van der Waals surface area contributed by atoms with Crippen molar-refractivity contribution in [2.24, 2.45) is 0 Å². The van der Waals surface area contributed by atoms with Crippen molar-refractivity contribution in [3.8, 4) is 11.5 Å². The molecule has 102 valence electrons. The zero-order chi connectivity index (χ0) is 14.4. The lowest BCUT2D eigenvalue weighted by atomic mass is 10.2. The number of benzene rings is 1. The minimum Gasteiger partial charge on any atom is -0.478 e. The van der Waals surface area contributed by atoms with E-state index in [1.54, 1.807) is 24.3 Å². The Morgan fingerprint density at radius 1 is 1.30 bits per heavy atom. The lowest BCUT2D eigenvalue weighted by Gasteiger charge is -2.09.